The Morgan fingerprint density at radius 1 is 0.875 bits per heavy atom. The molecule has 0 bridgehead atoms. The predicted molar refractivity (Wildman–Crippen MR) is 129 cm³/mol. The van der Waals surface area contributed by atoms with Crippen LogP contribution < -0.4 is 4.87 Å². The summed E-state index contributed by atoms with van der Waals surface area (Å²) in [6, 6.07) is 22.3. The van der Waals surface area contributed by atoms with Crippen molar-refractivity contribution in [1.29, 1.82) is 0 Å². The standard InChI is InChI=1S/C24H21N5OS2/c30-24-29(20-10-4-5-11-21(20)32-24)16-22-26-27-23(31-17-19-9-6-13-25-15-19)28(22)14-12-18-7-2-1-3-8-18/h1-11,13,15H,12,14,16-17H2. The SMILES string of the molecule is O=c1sc2ccccc2n1Cc1nnc(SCc2cccnc2)n1CCc1ccccc1. The average molecular weight is 460 g/mol. The predicted octanol–water partition coefficient (Wildman–Crippen LogP) is 4.63. The van der Waals surface area contributed by atoms with Gasteiger partial charge in [-0.1, -0.05) is 71.6 Å². The van der Waals surface area contributed by atoms with Gasteiger partial charge in [-0.05, 0) is 35.7 Å². The Kier molecular flexibility index (Phi) is 6.13. The number of pyridine rings is 1. The van der Waals surface area contributed by atoms with Crippen LogP contribution in [0.15, 0.2) is 89.1 Å². The van der Waals surface area contributed by atoms with E-state index in [-0.39, 0.29) is 4.87 Å². The van der Waals surface area contributed by atoms with E-state index >= 15 is 0 Å². The lowest BCUT2D eigenvalue weighted by Gasteiger charge is -2.11. The molecule has 2 aromatic carbocycles. The van der Waals surface area contributed by atoms with Gasteiger partial charge in [0.05, 0.1) is 16.8 Å². The second-order valence-corrected chi connectivity index (χ2v) is 9.29. The van der Waals surface area contributed by atoms with Crippen molar-refractivity contribution in [2.75, 3.05) is 0 Å². The molecule has 3 aromatic heterocycles. The monoisotopic (exact) mass is 459 g/mol. The summed E-state index contributed by atoms with van der Waals surface area (Å²) in [7, 11) is 0. The minimum Gasteiger partial charge on any atom is -0.304 e. The largest absolute Gasteiger partial charge is 0.308 e. The number of fused-ring (bicyclic) bond motifs is 1. The van der Waals surface area contributed by atoms with Gasteiger partial charge in [0.2, 0.25) is 0 Å². The first-order chi connectivity index (χ1) is 15.8. The van der Waals surface area contributed by atoms with E-state index in [1.54, 1.807) is 22.5 Å². The van der Waals surface area contributed by atoms with Crippen LogP contribution in [0.2, 0.25) is 0 Å². The van der Waals surface area contributed by atoms with Gasteiger partial charge < -0.3 is 4.57 Å². The highest BCUT2D eigenvalue weighted by Crippen LogP contribution is 2.24. The number of benzene rings is 2. The Morgan fingerprint density at radius 3 is 2.53 bits per heavy atom. The maximum atomic E-state index is 12.7. The van der Waals surface area contributed by atoms with Crippen LogP contribution in [0.1, 0.15) is 17.0 Å². The van der Waals surface area contributed by atoms with E-state index in [9.17, 15) is 4.79 Å². The quantitative estimate of drug-likeness (QED) is 0.317. The second-order valence-electron chi connectivity index (χ2n) is 7.36. The van der Waals surface area contributed by atoms with E-state index in [2.05, 4.69) is 50.1 Å². The molecule has 3 heterocycles. The smallest absolute Gasteiger partial charge is 0.304 e. The highest BCUT2D eigenvalue weighted by atomic mass is 32.2. The fraction of sp³-hybridized carbons (Fsp3) is 0.167. The van der Waals surface area contributed by atoms with Crippen LogP contribution in [0, 0.1) is 0 Å². The number of rotatable bonds is 8. The molecular formula is C24H21N5OS2. The van der Waals surface area contributed by atoms with Gasteiger partial charge in [0.1, 0.15) is 0 Å². The first-order valence-corrected chi connectivity index (χ1v) is 12.1. The summed E-state index contributed by atoms with van der Waals surface area (Å²) in [6.45, 7) is 1.15. The average Bonchev–Trinajstić information content (AvgIpc) is 3.37. The first kappa shape index (κ1) is 20.7. The molecule has 160 valence electrons. The normalized spacial score (nSPS) is 11.2. The molecule has 0 atom stereocenters. The zero-order chi connectivity index (χ0) is 21.8. The number of nitrogens with zero attached hydrogens (tertiary/aromatic N) is 5. The fourth-order valence-electron chi connectivity index (χ4n) is 3.59. The molecular weight excluding hydrogens is 438 g/mol. The number of hydrogen-bond acceptors (Lipinski definition) is 6. The van der Waals surface area contributed by atoms with Crippen molar-refractivity contribution in [1.82, 2.24) is 24.3 Å². The molecule has 32 heavy (non-hydrogen) atoms. The molecule has 0 fully saturated rings. The lowest BCUT2D eigenvalue weighted by Crippen LogP contribution is -2.18. The van der Waals surface area contributed by atoms with E-state index in [0.717, 1.165) is 45.5 Å². The van der Waals surface area contributed by atoms with Crippen LogP contribution in [-0.4, -0.2) is 24.3 Å². The van der Waals surface area contributed by atoms with E-state index in [0.29, 0.717) is 6.54 Å². The first-order valence-electron chi connectivity index (χ1n) is 10.3. The maximum absolute atomic E-state index is 12.7. The van der Waals surface area contributed by atoms with Crippen molar-refractivity contribution < 1.29 is 0 Å². The van der Waals surface area contributed by atoms with E-state index < -0.39 is 0 Å². The van der Waals surface area contributed by atoms with Gasteiger partial charge in [0.25, 0.3) is 0 Å². The molecule has 0 saturated carbocycles. The van der Waals surface area contributed by atoms with Crippen LogP contribution in [0.3, 0.4) is 0 Å². The summed E-state index contributed by atoms with van der Waals surface area (Å²) in [5.41, 5.74) is 3.33. The number of hydrogen-bond donors (Lipinski definition) is 0. The van der Waals surface area contributed by atoms with Gasteiger partial charge in [-0.2, -0.15) is 0 Å². The number of aryl methyl sites for hydroxylation is 1. The summed E-state index contributed by atoms with van der Waals surface area (Å²) in [5.74, 6) is 1.55. The second kappa shape index (κ2) is 9.50. The molecule has 0 aliphatic rings. The summed E-state index contributed by atoms with van der Waals surface area (Å²) in [4.78, 5) is 16.9. The van der Waals surface area contributed by atoms with Crippen molar-refractivity contribution in [3.05, 3.63) is 106 Å². The number of para-hydroxylation sites is 1. The van der Waals surface area contributed by atoms with Crippen molar-refractivity contribution in [3.8, 4) is 0 Å². The maximum Gasteiger partial charge on any atom is 0.308 e. The summed E-state index contributed by atoms with van der Waals surface area (Å²) in [6.07, 6.45) is 4.51. The fourth-order valence-corrected chi connectivity index (χ4v) is 5.40. The van der Waals surface area contributed by atoms with Gasteiger partial charge in [0, 0.05) is 24.7 Å². The Morgan fingerprint density at radius 2 is 1.69 bits per heavy atom. The molecule has 0 aliphatic heterocycles. The van der Waals surface area contributed by atoms with Gasteiger partial charge in [0.15, 0.2) is 11.0 Å². The number of thiazole rings is 1. The Hall–Kier alpha value is -3.23. The lowest BCUT2D eigenvalue weighted by molar-refractivity contribution is 0.586. The van der Waals surface area contributed by atoms with Crippen LogP contribution in [0.25, 0.3) is 10.2 Å². The van der Waals surface area contributed by atoms with Crippen LogP contribution in [0.4, 0.5) is 0 Å². The number of aromatic nitrogens is 5. The van der Waals surface area contributed by atoms with E-state index in [4.69, 9.17) is 0 Å². The third-order valence-corrected chi connectivity index (χ3v) is 7.22. The molecule has 0 spiro atoms. The molecule has 0 aliphatic carbocycles. The summed E-state index contributed by atoms with van der Waals surface area (Å²) < 4.78 is 4.92. The van der Waals surface area contributed by atoms with Crippen molar-refractivity contribution in [2.45, 2.75) is 30.4 Å². The molecule has 0 saturated heterocycles. The summed E-state index contributed by atoms with van der Waals surface area (Å²) >= 11 is 2.91. The Labute approximate surface area is 193 Å². The van der Waals surface area contributed by atoms with E-state index in [1.807, 2.05) is 42.6 Å². The highest BCUT2D eigenvalue weighted by Gasteiger charge is 2.16. The third kappa shape index (κ3) is 4.51. The summed E-state index contributed by atoms with van der Waals surface area (Å²) in [5, 5.41) is 9.82. The van der Waals surface area contributed by atoms with Gasteiger partial charge in [-0.3, -0.25) is 14.3 Å². The zero-order valence-electron chi connectivity index (χ0n) is 17.3. The van der Waals surface area contributed by atoms with E-state index in [1.165, 1.54) is 16.9 Å². The molecule has 8 heteroatoms. The Bertz CT molecular complexity index is 1380. The van der Waals surface area contributed by atoms with Crippen LogP contribution in [-0.2, 0) is 25.3 Å². The number of thioether (sulfide) groups is 1. The lowest BCUT2D eigenvalue weighted by atomic mass is 10.1. The Balaban J connectivity index is 1.44. The molecule has 0 N–H and O–H groups in total. The third-order valence-electron chi connectivity index (χ3n) is 5.22. The van der Waals surface area contributed by atoms with Gasteiger partial charge in [-0.25, -0.2) is 0 Å². The molecule has 5 rings (SSSR count). The van der Waals surface area contributed by atoms with Crippen LogP contribution in [0.5, 0.6) is 0 Å². The van der Waals surface area contributed by atoms with Crippen molar-refractivity contribution in [2.24, 2.45) is 0 Å². The zero-order valence-corrected chi connectivity index (χ0v) is 18.9. The molecule has 0 radical (unpaired) electrons. The highest BCUT2D eigenvalue weighted by molar-refractivity contribution is 7.98. The van der Waals surface area contributed by atoms with Crippen molar-refractivity contribution >= 4 is 33.3 Å². The minimum absolute atomic E-state index is 0.0216. The van der Waals surface area contributed by atoms with Crippen LogP contribution >= 0.6 is 23.1 Å². The van der Waals surface area contributed by atoms with Crippen molar-refractivity contribution in [3.63, 3.8) is 0 Å². The molecule has 5 aromatic rings. The van der Waals surface area contributed by atoms with Gasteiger partial charge >= 0.3 is 4.87 Å². The topological polar surface area (TPSA) is 65.6 Å². The van der Waals surface area contributed by atoms with Gasteiger partial charge in [-0.15, -0.1) is 10.2 Å². The molecule has 6 nitrogen and oxygen atoms in total. The molecule has 0 amide bonds. The minimum atomic E-state index is 0.0216. The molecule has 0 unspecified atom stereocenters.